The van der Waals surface area contributed by atoms with Crippen molar-refractivity contribution in [2.24, 2.45) is 11.8 Å². The molecule has 1 N–H and O–H groups in total. The van der Waals surface area contributed by atoms with E-state index in [9.17, 15) is 14.0 Å². The smallest absolute Gasteiger partial charge is 0.225 e. The van der Waals surface area contributed by atoms with Gasteiger partial charge in [0.2, 0.25) is 11.8 Å². The first-order valence-electron chi connectivity index (χ1n) is 10.4. The predicted molar refractivity (Wildman–Crippen MR) is 115 cm³/mol. The number of benzene rings is 2. The standard InChI is InChI=1S/C24H29FN2O4/c1-15(2)24(29)27-13-19(18-6-5-7-21(30-3)22(18)31-4)20(14-27)23(28)26-12-16-8-10-17(25)11-9-16/h5-11,15,19-20H,12-14H2,1-4H3,(H,26,28). The Morgan fingerprint density at radius 1 is 1.10 bits per heavy atom. The second-order valence-electron chi connectivity index (χ2n) is 8.04. The molecule has 1 fully saturated rings. The summed E-state index contributed by atoms with van der Waals surface area (Å²) in [4.78, 5) is 27.6. The molecule has 2 aromatic rings. The second-order valence-corrected chi connectivity index (χ2v) is 8.04. The number of ether oxygens (including phenoxy) is 2. The highest BCUT2D eigenvalue weighted by molar-refractivity contribution is 5.84. The van der Waals surface area contributed by atoms with E-state index in [-0.39, 0.29) is 36.0 Å². The monoisotopic (exact) mass is 428 g/mol. The quantitative estimate of drug-likeness (QED) is 0.734. The Kier molecular flexibility index (Phi) is 7.15. The number of likely N-dealkylation sites (tertiary alicyclic amines) is 1. The molecule has 0 aliphatic carbocycles. The molecule has 6 nitrogen and oxygen atoms in total. The van der Waals surface area contributed by atoms with Crippen LogP contribution in [0.4, 0.5) is 4.39 Å². The molecule has 0 bridgehead atoms. The van der Waals surface area contributed by atoms with Crippen molar-refractivity contribution < 1.29 is 23.5 Å². The zero-order valence-corrected chi connectivity index (χ0v) is 18.4. The van der Waals surface area contributed by atoms with Gasteiger partial charge in [-0.05, 0) is 23.8 Å². The summed E-state index contributed by atoms with van der Waals surface area (Å²) in [7, 11) is 3.13. The van der Waals surface area contributed by atoms with Crippen LogP contribution in [0.5, 0.6) is 11.5 Å². The van der Waals surface area contributed by atoms with Crippen molar-refractivity contribution in [3.63, 3.8) is 0 Å². The maximum atomic E-state index is 13.2. The number of halogens is 1. The largest absolute Gasteiger partial charge is 0.493 e. The van der Waals surface area contributed by atoms with Gasteiger partial charge in [-0.2, -0.15) is 0 Å². The van der Waals surface area contributed by atoms with Crippen molar-refractivity contribution in [1.82, 2.24) is 10.2 Å². The number of rotatable bonds is 7. The Bertz CT molecular complexity index is 930. The van der Waals surface area contributed by atoms with Gasteiger partial charge in [-0.15, -0.1) is 0 Å². The number of carbonyl (C=O) groups is 2. The van der Waals surface area contributed by atoms with Gasteiger partial charge in [-0.3, -0.25) is 9.59 Å². The fourth-order valence-electron chi connectivity index (χ4n) is 4.06. The van der Waals surface area contributed by atoms with Crippen LogP contribution in [0.2, 0.25) is 0 Å². The molecular weight excluding hydrogens is 399 g/mol. The van der Waals surface area contributed by atoms with Crippen LogP contribution in [0, 0.1) is 17.7 Å². The van der Waals surface area contributed by atoms with Crippen LogP contribution in [0.25, 0.3) is 0 Å². The zero-order chi connectivity index (χ0) is 22.5. The number of para-hydroxylation sites is 1. The molecule has 0 spiro atoms. The van der Waals surface area contributed by atoms with Crippen molar-refractivity contribution in [1.29, 1.82) is 0 Å². The highest BCUT2D eigenvalue weighted by Gasteiger charge is 2.42. The lowest BCUT2D eigenvalue weighted by atomic mass is 9.87. The predicted octanol–water partition coefficient (Wildman–Crippen LogP) is 3.36. The summed E-state index contributed by atoms with van der Waals surface area (Å²) in [6.45, 7) is 4.75. The van der Waals surface area contributed by atoms with E-state index < -0.39 is 5.92 Å². The molecule has 2 unspecified atom stereocenters. The normalized spacial score (nSPS) is 18.2. The third kappa shape index (κ3) is 4.98. The Labute approximate surface area is 182 Å². The fraction of sp³-hybridized carbons (Fsp3) is 0.417. The highest BCUT2D eigenvalue weighted by Crippen LogP contribution is 2.42. The fourth-order valence-corrected chi connectivity index (χ4v) is 4.06. The van der Waals surface area contributed by atoms with Crippen LogP contribution < -0.4 is 14.8 Å². The minimum atomic E-state index is -0.441. The van der Waals surface area contributed by atoms with Gasteiger partial charge < -0.3 is 19.7 Å². The van der Waals surface area contributed by atoms with Crippen LogP contribution in [0.1, 0.15) is 30.9 Å². The Morgan fingerprint density at radius 3 is 2.42 bits per heavy atom. The number of nitrogens with zero attached hydrogens (tertiary/aromatic N) is 1. The molecule has 2 atom stereocenters. The molecule has 1 aliphatic rings. The first-order chi connectivity index (χ1) is 14.8. The van der Waals surface area contributed by atoms with Gasteiger partial charge in [0.25, 0.3) is 0 Å². The Hall–Kier alpha value is -3.09. The van der Waals surface area contributed by atoms with Gasteiger partial charge in [0.15, 0.2) is 11.5 Å². The van der Waals surface area contributed by atoms with Gasteiger partial charge in [0.05, 0.1) is 20.1 Å². The molecule has 1 aliphatic heterocycles. The van der Waals surface area contributed by atoms with E-state index in [1.54, 1.807) is 37.3 Å². The van der Waals surface area contributed by atoms with E-state index >= 15 is 0 Å². The van der Waals surface area contributed by atoms with Gasteiger partial charge in [0, 0.05) is 37.0 Å². The third-order valence-corrected chi connectivity index (χ3v) is 5.68. The van der Waals surface area contributed by atoms with Crippen molar-refractivity contribution >= 4 is 11.8 Å². The van der Waals surface area contributed by atoms with Crippen LogP contribution in [-0.4, -0.2) is 44.0 Å². The molecule has 1 heterocycles. The summed E-state index contributed by atoms with van der Waals surface area (Å²) in [5.74, 6) is -0.138. The summed E-state index contributed by atoms with van der Waals surface area (Å²) in [6.07, 6.45) is 0. The lowest BCUT2D eigenvalue weighted by Crippen LogP contribution is -2.36. The number of amides is 2. The van der Waals surface area contributed by atoms with Crippen molar-refractivity contribution in [3.05, 3.63) is 59.4 Å². The molecule has 0 aromatic heterocycles. The van der Waals surface area contributed by atoms with Crippen LogP contribution >= 0.6 is 0 Å². The van der Waals surface area contributed by atoms with E-state index in [1.165, 1.54) is 12.1 Å². The average Bonchev–Trinajstić information content (AvgIpc) is 3.22. The number of nitrogens with one attached hydrogen (secondary N) is 1. The van der Waals surface area contributed by atoms with Crippen LogP contribution in [-0.2, 0) is 16.1 Å². The topological polar surface area (TPSA) is 67.9 Å². The molecule has 7 heteroatoms. The van der Waals surface area contributed by atoms with E-state index in [0.717, 1.165) is 11.1 Å². The van der Waals surface area contributed by atoms with E-state index in [0.29, 0.717) is 24.6 Å². The zero-order valence-electron chi connectivity index (χ0n) is 18.4. The molecule has 3 rings (SSSR count). The van der Waals surface area contributed by atoms with E-state index in [4.69, 9.17) is 9.47 Å². The van der Waals surface area contributed by atoms with Crippen molar-refractivity contribution in [2.45, 2.75) is 26.3 Å². The van der Waals surface area contributed by atoms with Gasteiger partial charge >= 0.3 is 0 Å². The lowest BCUT2D eigenvalue weighted by molar-refractivity contribution is -0.133. The van der Waals surface area contributed by atoms with Gasteiger partial charge in [0.1, 0.15) is 5.82 Å². The molecule has 0 radical (unpaired) electrons. The summed E-state index contributed by atoms with van der Waals surface area (Å²) in [6, 6.07) is 11.6. The molecule has 166 valence electrons. The SMILES string of the molecule is COc1cccc(C2CN(C(=O)C(C)C)CC2C(=O)NCc2ccc(F)cc2)c1OC. The Morgan fingerprint density at radius 2 is 1.81 bits per heavy atom. The average molecular weight is 429 g/mol. The molecule has 1 saturated heterocycles. The summed E-state index contributed by atoms with van der Waals surface area (Å²) < 4.78 is 24.2. The first-order valence-corrected chi connectivity index (χ1v) is 10.4. The van der Waals surface area contributed by atoms with Gasteiger partial charge in [-0.1, -0.05) is 38.1 Å². The lowest BCUT2D eigenvalue weighted by Gasteiger charge is -2.21. The summed E-state index contributed by atoms with van der Waals surface area (Å²) in [5.41, 5.74) is 1.64. The highest BCUT2D eigenvalue weighted by atomic mass is 19.1. The van der Waals surface area contributed by atoms with E-state index in [2.05, 4.69) is 5.32 Å². The molecule has 31 heavy (non-hydrogen) atoms. The summed E-state index contributed by atoms with van der Waals surface area (Å²) in [5, 5.41) is 2.94. The number of methoxy groups -OCH3 is 2. The minimum absolute atomic E-state index is 0.0145. The molecule has 0 saturated carbocycles. The number of carbonyl (C=O) groups excluding carboxylic acids is 2. The first kappa shape index (κ1) is 22.6. The molecule has 2 amide bonds. The number of hydrogen-bond acceptors (Lipinski definition) is 4. The maximum absolute atomic E-state index is 13.2. The van der Waals surface area contributed by atoms with Crippen molar-refractivity contribution in [2.75, 3.05) is 27.3 Å². The van der Waals surface area contributed by atoms with E-state index in [1.807, 2.05) is 26.0 Å². The van der Waals surface area contributed by atoms with Crippen LogP contribution in [0.3, 0.4) is 0 Å². The molecular formula is C24H29FN2O4. The van der Waals surface area contributed by atoms with Crippen molar-refractivity contribution in [3.8, 4) is 11.5 Å². The minimum Gasteiger partial charge on any atom is -0.493 e. The number of hydrogen-bond donors (Lipinski definition) is 1. The maximum Gasteiger partial charge on any atom is 0.225 e. The third-order valence-electron chi connectivity index (χ3n) is 5.68. The Balaban J connectivity index is 1.86. The molecule has 2 aromatic carbocycles. The van der Waals surface area contributed by atoms with Crippen LogP contribution in [0.15, 0.2) is 42.5 Å². The summed E-state index contributed by atoms with van der Waals surface area (Å²) >= 11 is 0. The van der Waals surface area contributed by atoms with Gasteiger partial charge in [-0.25, -0.2) is 4.39 Å². The second kappa shape index (κ2) is 9.81.